The van der Waals surface area contributed by atoms with Gasteiger partial charge in [0.25, 0.3) is 0 Å². The van der Waals surface area contributed by atoms with E-state index >= 15 is 4.39 Å². The van der Waals surface area contributed by atoms with Crippen LogP contribution in [-0.2, 0) is 11.2 Å². The highest BCUT2D eigenvalue weighted by Gasteiger charge is 2.36. The number of halogens is 2. The summed E-state index contributed by atoms with van der Waals surface area (Å²) < 4.78 is 26.9. The highest BCUT2D eigenvalue weighted by Crippen LogP contribution is 2.42. The fraction of sp³-hybridized carbons (Fsp3) is 0.409. The van der Waals surface area contributed by atoms with Gasteiger partial charge >= 0.3 is 0 Å². The molecule has 2 heterocycles. The number of methoxy groups -OCH3 is 2. The van der Waals surface area contributed by atoms with E-state index < -0.39 is 5.67 Å². The molecular weight excluding hydrogens is 437 g/mol. The van der Waals surface area contributed by atoms with Crippen molar-refractivity contribution >= 4 is 26.8 Å². The Balaban J connectivity index is 1.85. The average molecular weight is 462 g/mol. The van der Waals surface area contributed by atoms with Gasteiger partial charge in [-0.05, 0) is 42.7 Å². The molecule has 0 spiro atoms. The minimum absolute atomic E-state index is 0.0569. The number of benzene rings is 2. The van der Waals surface area contributed by atoms with Crippen LogP contribution in [0.3, 0.4) is 0 Å². The zero-order chi connectivity index (χ0) is 20.6. The summed E-state index contributed by atoms with van der Waals surface area (Å²) in [7, 11) is 3.21. The molecule has 0 aliphatic carbocycles. The second-order valence-corrected chi connectivity index (χ2v) is 8.74. The molecule has 5 nitrogen and oxygen atoms in total. The highest BCUT2D eigenvalue weighted by molar-refractivity contribution is 9.10. The Morgan fingerprint density at radius 3 is 2.83 bits per heavy atom. The van der Waals surface area contributed by atoms with E-state index in [2.05, 4.69) is 43.2 Å². The van der Waals surface area contributed by atoms with Crippen LogP contribution in [0.1, 0.15) is 29.7 Å². The first-order chi connectivity index (χ1) is 13.9. The smallest absolute Gasteiger partial charge is 0.144 e. The van der Waals surface area contributed by atoms with Crippen molar-refractivity contribution in [1.29, 1.82) is 0 Å². The molecule has 0 saturated carbocycles. The van der Waals surface area contributed by atoms with Gasteiger partial charge in [0.05, 0.1) is 31.5 Å². The van der Waals surface area contributed by atoms with Crippen molar-refractivity contribution in [2.75, 3.05) is 33.9 Å². The summed E-state index contributed by atoms with van der Waals surface area (Å²) in [5.74, 6) is 0.779. The molecule has 7 heteroatoms. The number of nitrogens with one attached hydrogen (secondary N) is 1. The Morgan fingerprint density at radius 2 is 2.07 bits per heavy atom. The topological polar surface area (TPSA) is 50.4 Å². The van der Waals surface area contributed by atoms with Crippen molar-refractivity contribution in [3.05, 3.63) is 57.7 Å². The molecule has 2 atom stereocenters. The molecule has 1 aliphatic rings. The number of H-pyrrole nitrogens is 1. The molecule has 3 aromatic rings. The van der Waals surface area contributed by atoms with E-state index in [1.54, 1.807) is 14.0 Å². The van der Waals surface area contributed by atoms with Crippen LogP contribution in [0.25, 0.3) is 10.9 Å². The van der Waals surface area contributed by atoms with E-state index in [9.17, 15) is 0 Å². The number of rotatable bonds is 6. The van der Waals surface area contributed by atoms with Crippen LogP contribution in [0.5, 0.6) is 5.75 Å². The van der Waals surface area contributed by atoms with E-state index in [-0.39, 0.29) is 19.2 Å². The van der Waals surface area contributed by atoms with Crippen molar-refractivity contribution in [2.24, 2.45) is 0 Å². The molecule has 0 fully saturated rings. The summed E-state index contributed by atoms with van der Waals surface area (Å²) in [6, 6.07) is 10.1. The number of hydrogen-bond donors (Lipinski definition) is 1. The molecule has 0 amide bonds. The lowest BCUT2D eigenvalue weighted by molar-refractivity contribution is 0.0153. The number of nitrogens with zero attached hydrogens (tertiary/aromatic N) is 2. The van der Waals surface area contributed by atoms with Gasteiger partial charge in [-0.1, -0.05) is 28.1 Å². The average Bonchev–Trinajstić information content (AvgIpc) is 3.16. The largest absolute Gasteiger partial charge is 0.496 e. The van der Waals surface area contributed by atoms with E-state index in [1.807, 2.05) is 24.4 Å². The maximum absolute atomic E-state index is 15.2. The molecular formula is C22H25BrFN3O2. The van der Waals surface area contributed by atoms with Crippen LogP contribution in [0.15, 0.2) is 41.0 Å². The molecule has 0 radical (unpaired) electrons. The lowest BCUT2D eigenvalue weighted by Crippen LogP contribution is -2.45. The zero-order valence-corrected chi connectivity index (χ0v) is 18.4. The maximum atomic E-state index is 15.2. The number of alkyl halides is 1. The van der Waals surface area contributed by atoms with Crippen molar-refractivity contribution < 1.29 is 13.9 Å². The van der Waals surface area contributed by atoms with E-state index in [4.69, 9.17) is 9.47 Å². The molecule has 1 N–H and O–H groups in total. The third-order valence-corrected chi connectivity index (χ3v) is 6.04. The first-order valence-corrected chi connectivity index (χ1v) is 10.4. The monoisotopic (exact) mass is 461 g/mol. The quantitative estimate of drug-likeness (QED) is 0.579. The van der Waals surface area contributed by atoms with Crippen molar-refractivity contribution in [1.82, 2.24) is 15.1 Å². The van der Waals surface area contributed by atoms with Gasteiger partial charge in [0.15, 0.2) is 0 Å². The van der Waals surface area contributed by atoms with Gasteiger partial charge in [-0.25, -0.2) is 4.39 Å². The normalized spacial score (nSPS) is 19.1. The van der Waals surface area contributed by atoms with E-state index in [0.717, 1.165) is 39.7 Å². The van der Waals surface area contributed by atoms with E-state index in [1.165, 1.54) is 18.2 Å². The predicted molar refractivity (Wildman–Crippen MR) is 115 cm³/mol. The molecule has 1 aliphatic heterocycles. The van der Waals surface area contributed by atoms with Crippen LogP contribution in [0.4, 0.5) is 4.39 Å². The SMILES string of the molecule is COCC(C)(F)CN1CCc2c(ccc3[nH]ncc23)C1c1ccc(Br)cc1OC. The van der Waals surface area contributed by atoms with Crippen LogP contribution >= 0.6 is 15.9 Å². The Morgan fingerprint density at radius 1 is 1.28 bits per heavy atom. The van der Waals surface area contributed by atoms with Crippen LogP contribution in [0, 0.1) is 0 Å². The minimum Gasteiger partial charge on any atom is -0.496 e. The van der Waals surface area contributed by atoms with Crippen LogP contribution in [-0.4, -0.2) is 54.7 Å². The zero-order valence-electron chi connectivity index (χ0n) is 16.8. The molecule has 154 valence electrons. The number of aromatic nitrogens is 2. The molecule has 29 heavy (non-hydrogen) atoms. The van der Waals surface area contributed by atoms with Gasteiger partial charge < -0.3 is 9.47 Å². The first-order valence-electron chi connectivity index (χ1n) is 9.64. The summed E-state index contributed by atoms with van der Waals surface area (Å²) in [6.45, 7) is 2.67. The van der Waals surface area contributed by atoms with Crippen LogP contribution in [0.2, 0.25) is 0 Å². The number of hydrogen-bond acceptors (Lipinski definition) is 4. The minimum atomic E-state index is -1.45. The van der Waals surface area contributed by atoms with Crippen molar-refractivity contribution in [3.63, 3.8) is 0 Å². The Hall–Kier alpha value is -1.96. The predicted octanol–water partition coefficient (Wildman–Crippen LogP) is 4.66. The Kier molecular flexibility index (Phi) is 5.64. The Labute approximate surface area is 178 Å². The molecule has 2 aromatic carbocycles. The standard InChI is InChI=1S/C22H25BrFN3O2/c1-22(24,13-28-2)12-27-9-8-15-16(6-7-19-18(15)11-25-26-19)21(27)17-5-4-14(23)10-20(17)29-3/h4-7,10-11,21H,8-9,12-13H2,1-3H3,(H,25,26). The molecule has 0 saturated heterocycles. The van der Waals surface area contributed by atoms with Gasteiger partial charge in [0, 0.05) is 35.6 Å². The van der Waals surface area contributed by atoms with Crippen molar-refractivity contribution in [3.8, 4) is 5.75 Å². The fourth-order valence-corrected chi connectivity index (χ4v) is 4.76. The fourth-order valence-electron chi connectivity index (χ4n) is 4.42. The van der Waals surface area contributed by atoms with Gasteiger partial charge in [-0.3, -0.25) is 10.00 Å². The third kappa shape index (κ3) is 3.91. The number of fused-ring (bicyclic) bond motifs is 3. The summed E-state index contributed by atoms with van der Waals surface area (Å²) in [5.41, 5.74) is 3.02. The second kappa shape index (κ2) is 8.05. The Bertz CT molecular complexity index is 1020. The number of aromatic amines is 1. The van der Waals surface area contributed by atoms with Gasteiger partial charge in [-0.2, -0.15) is 5.10 Å². The highest BCUT2D eigenvalue weighted by atomic mass is 79.9. The molecule has 2 unspecified atom stereocenters. The summed E-state index contributed by atoms with van der Waals surface area (Å²) >= 11 is 3.52. The third-order valence-electron chi connectivity index (χ3n) is 5.55. The molecule has 4 rings (SSSR count). The molecule has 1 aromatic heterocycles. The first kappa shape index (κ1) is 20.3. The van der Waals surface area contributed by atoms with Gasteiger partial charge in [0.1, 0.15) is 11.4 Å². The second-order valence-electron chi connectivity index (χ2n) is 7.82. The maximum Gasteiger partial charge on any atom is 0.144 e. The molecule has 0 bridgehead atoms. The van der Waals surface area contributed by atoms with Crippen LogP contribution < -0.4 is 4.74 Å². The summed E-state index contributed by atoms with van der Waals surface area (Å²) in [6.07, 6.45) is 2.72. The summed E-state index contributed by atoms with van der Waals surface area (Å²) in [4.78, 5) is 2.19. The van der Waals surface area contributed by atoms with Gasteiger partial charge in [0.2, 0.25) is 0 Å². The lowest BCUT2D eigenvalue weighted by Gasteiger charge is -2.41. The van der Waals surface area contributed by atoms with Gasteiger partial charge in [-0.15, -0.1) is 0 Å². The van der Waals surface area contributed by atoms with E-state index in [0.29, 0.717) is 0 Å². The number of ether oxygens (including phenoxy) is 2. The summed E-state index contributed by atoms with van der Waals surface area (Å²) in [5, 5.41) is 8.39. The lowest BCUT2D eigenvalue weighted by atomic mass is 9.85. The van der Waals surface area contributed by atoms with Crippen molar-refractivity contribution in [2.45, 2.75) is 25.1 Å².